The average Bonchev–Trinajstić information content (AvgIpc) is 2.62. The molecule has 4 nitrogen and oxygen atoms in total. The lowest BCUT2D eigenvalue weighted by Crippen LogP contribution is -2.29. The molecule has 0 saturated carbocycles. The van der Waals surface area contributed by atoms with Gasteiger partial charge in [-0.2, -0.15) is 0 Å². The number of carbonyl (C=O) groups is 4. The lowest BCUT2D eigenvalue weighted by Gasteiger charge is -2.14. The highest BCUT2D eigenvalue weighted by atomic mass is 16.2. The molecule has 0 aromatic heterocycles. The molecule has 0 heterocycles. The monoisotopic (exact) mass is 322 g/mol. The quantitative estimate of drug-likeness (QED) is 0.425. The molecule has 0 aliphatic carbocycles. The normalized spacial score (nSPS) is 11.5. The van der Waals surface area contributed by atoms with Crippen molar-refractivity contribution in [1.82, 2.24) is 0 Å². The zero-order valence-corrected chi connectivity index (χ0v) is 13.4. The lowest BCUT2D eigenvalue weighted by molar-refractivity contribution is -0.135. The summed E-state index contributed by atoms with van der Waals surface area (Å²) in [4.78, 5) is 48.4. The fourth-order valence-electron chi connectivity index (χ4n) is 2.47. The Morgan fingerprint density at radius 2 is 1.38 bits per heavy atom. The molecule has 0 spiro atoms. The maximum absolute atomic E-state index is 12.6. The number of benzene rings is 2. The first-order valence-corrected chi connectivity index (χ1v) is 7.73. The molecule has 2 rings (SSSR count). The fraction of sp³-hybridized carbons (Fsp3) is 0.200. The summed E-state index contributed by atoms with van der Waals surface area (Å²) >= 11 is 0. The van der Waals surface area contributed by atoms with Gasteiger partial charge in [-0.15, -0.1) is 0 Å². The first-order valence-electron chi connectivity index (χ1n) is 7.73. The third-order valence-corrected chi connectivity index (χ3v) is 3.77. The van der Waals surface area contributed by atoms with Gasteiger partial charge in [0.1, 0.15) is 5.78 Å². The van der Waals surface area contributed by atoms with Crippen LogP contribution in [0.3, 0.4) is 0 Å². The van der Waals surface area contributed by atoms with Crippen molar-refractivity contribution >= 4 is 23.1 Å². The molecule has 0 N–H and O–H groups in total. The molecule has 0 fully saturated rings. The van der Waals surface area contributed by atoms with E-state index in [1.54, 1.807) is 48.5 Å². The summed E-state index contributed by atoms with van der Waals surface area (Å²) in [5.74, 6) is -3.47. The number of Topliss-reactive ketones (excluding diaryl/α,β-unsaturated/α-hetero) is 4. The topological polar surface area (TPSA) is 68.3 Å². The summed E-state index contributed by atoms with van der Waals surface area (Å²) in [5, 5.41) is 0. The Morgan fingerprint density at radius 1 is 0.833 bits per heavy atom. The number of ketones is 4. The summed E-state index contributed by atoms with van der Waals surface area (Å²) < 4.78 is 0. The lowest BCUT2D eigenvalue weighted by atomic mass is 9.86. The van der Waals surface area contributed by atoms with Crippen molar-refractivity contribution in [3.8, 4) is 0 Å². The van der Waals surface area contributed by atoms with Gasteiger partial charge in [0.2, 0.25) is 11.6 Å². The Balaban J connectivity index is 2.25. The van der Waals surface area contributed by atoms with Gasteiger partial charge in [-0.1, -0.05) is 60.7 Å². The first-order chi connectivity index (χ1) is 11.5. The van der Waals surface area contributed by atoms with E-state index in [2.05, 4.69) is 0 Å². The maximum atomic E-state index is 12.6. The van der Waals surface area contributed by atoms with Crippen LogP contribution in [0.5, 0.6) is 0 Å². The van der Waals surface area contributed by atoms with Gasteiger partial charge in [0.05, 0.1) is 5.92 Å². The Kier molecular flexibility index (Phi) is 5.90. The second-order valence-electron chi connectivity index (χ2n) is 5.59. The molecule has 4 heteroatoms. The highest BCUT2D eigenvalue weighted by Gasteiger charge is 2.31. The summed E-state index contributed by atoms with van der Waals surface area (Å²) in [5.41, 5.74) is 0.826. The van der Waals surface area contributed by atoms with Gasteiger partial charge in [0.25, 0.3) is 5.78 Å². The van der Waals surface area contributed by atoms with Crippen molar-refractivity contribution in [3.05, 3.63) is 71.8 Å². The fourth-order valence-corrected chi connectivity index (χ4v) is 2.47. The van der Waals surface area contributed by atoms with Crippen molar-refractivity contribution in [2.24, 2.45) is 0 Å². The van der Waals surface area contributed by atoms with Gasteiger partial charge in [-0.25, -0.2) is 0 Å². The van der Waals surface area contributed by atoms with E-state index in [9.17, 15) is 19.2 Å². The third-order valence-electron chi connectivity index (χ3n) is 3.77. The van der Waals surface area contributed by atoms with Gasteiger partial charge in [0.15, 0.2) is 0 Å². The molecule has 1 atom stereocenters. The van der Waals surface area contributed by atoms with Crippen LogP contribution in [0.1, 0.15) is 41.6 Å². The number of carbonyl (C=O) groups excluding carboxylic acids is 4. The van der Waals surface area contributed by atoms with Crippen LogP contribution >= 0.6 is 0 Å². The van der Waals surface area contributed by atoms with Crippen LogP contribution in [0.25, 0.3) is 0 Å². The third kappa shape index (κ3) is 4.32. The molecular formula is C20H18O4. The van der Waals surface area contributed by atoms with Crippen molar-refractivity contribution in [2.45, 2.75) is 25.7 Å². The van der Waals surface area contributed by atoms with E-state index in [0.717, 1.165) is 0 Å². The minimum atomic E-state index is -1.04. The SMILES string of the molecule is CC(=O)CCC(C(=O)C(=O)C(=O)c1ccccc1)c1ccccc1. The first kappa shape index (κ1) is 17.5. The zero-order chi connectivity index (χ0) is 17.5. The number of rotatable bonds is 8. The smallest absolute Gasteiger partial charge is 0.269 e. The summed E-state index contributed by atoms with van der Waals surface area (Å²) in [7, 11) is 0. The van der Waals surface area contributed by atoms with Crippen molar-refractivity contribution in [3.63, 3.8) is 0 Å². The predicted molar refractivity (Wildman–Crippen MR) is 89.9 cm³/mol. The molecule has 0 saturated heterocycles. The van der Waals surface area contributed by atoms with E-state index in [1.807, 2.05) is 0 Å². The molecule has 2 aromatic carbocycles. The minimum Gasteiger partial charge on any atom is -0.300 e. The molecule has 0 aliphatic rings. The highest BCUT2D eigenvalue weighted by Crippen LogP contribution is 2.23. The summed E-state index contributed by atoms with van der Waals surface area (Å²) in [6.45, 7) is 1.43. The molecule has 2 aromatic rings. The summed E-state index contributed by atoms with van der Waals surface area (Å²) in [6, 6.07) is 16.8. The second-order valence-corrected chi connectivity index (χ2v) is 5.59. The molecule has 1 unspecified atom stereocenters. The summed E-state index contributed by atoms with van der Waals surface area (Å²) in [6.07, 6.45) is 0.393. The molecule has 0 aliphatic heterocycles. The molecule has 0 radical (unpaired) electrons. The highest BCUT2D eigenvalue weighted by molar-refractivity contribution is 6.67. The average molecular weight is 322 g/mol. The van der Waals surface area contributed by atoms with Crippen LogP contribution in [-0.4, -0.2) is 23.1 Å². The number of hydrogen-bond acceptors (Lipinski definition) is 4. The van der Waals surface area contributed by atoms with Crippen molar-refractivity contribution in [1.29, 1.82) is 0 Å². The standard InChI is InChI=1S/C20H18O4/c1-14(21)12-13-17(15-8-4-2-5-9-15)19(23)20(24)18(22)16-10-6-3-7-11-16/h2-11,17H,12-13H2,1H3. The van der Waals surface area contributed by atoms with Gasteiger partial charge in [-0.05, 0) is 18.9 Å². The Hall–Kier alpha value is -2.88. The predicted octanol–water partition coefficient (Wildman–Crippen LogP) is 3.16. The number of hydrogen-bond donors (Lipinski definition) is 0. The van der Waals surface area contributed by atoms with Gasteiger partial charge in [-0.3, -0.25) is 14.4 Å². The van der Waals surface area contributed by atoms with Gasteiger partial charge in [0, 0.05) is 12.0 Å². The van der Waals surface area contributed by atoms with E-state index < -0.39 is 23.3 Å². The largest absolute Gasteiger partial charge is 0.300 e. The Bertz CT molecular complexity index is 748. The maximum Gasteiger partial charge on any atom is 0.269 e. The molecule has 122 valence electrons. The molecule has 0 bridgehead atoms. The van der Waals surface area contributed by atoms with E-state index >= 15 is 0 Å². The van der Waals surface area contributed by atoms with Crippen molar-refractivity contribution in [2.75, 3.05) is 0 Å². The second kappa shape index (κ2) is 8.11. The Labute approximate surface area is 140 Å². The minimum absolute atomic E-state index is 0.0643. The molecule has 0 amide bonds. The van der Waals surface area contributed by atoms with Crippen LogP contribution in [0, 0.1) is 0 Å². The zero-order valence-electron chi connectivity index (χ0n) is 13.4. The van der Waals surface area contributed by atoms with Crippen LogP contribution in [0.15, 0.2) is 60.7 Å². The van der Waals surface area contributed by atoms with Crippen LogP contribution in [0.2, 0.25) is 0 Å². The van der Waals surface area contributed by atoms with Gasteiger partial charge < -0.3 is 4.79 Å². The van der Waals surface area contributed by atoms with E-state index in [4.69, 9.17) is 0 Å². The van der Waals surface area contributed by atoms with E-state index in [-0.39, 0.29) is 24.2 Å². The molecule has 24 heavy (non-hydrogen) atoms. The van der Waals surface area contributed by atoms with E-state index in [1.165, 1.54) is 19.1 Å². The van der Waals surface area contributed by atoms with Crippen LogP contribution in [-0.2, 0) is 14.4 Å². The van der Waals surface area contributed by atoms with Gasteiger partial charge >= 0.3 is 0 Å². The molecular weight excluding hydrogens is 304 g/mol. The van der Waals surface area contributed by atoms with E-state index in [0.29, 0.717) is 5.56 Å². The Morgan fingerprint density at radius 3 is 1.92 bits per heavy atom. The van der Waals surface area contributed by atoms with Crippen LogP contribution < -0.4 is 0 Å². The van der Waals surface area contributed by atoms with Crippen molar-refractivity contribution < 1.29 is 19.2 Å². The van der Waals surface area contributed by atoms with Crippen LogP contribution in [0.4, 0.5) is 0 Å².